The summed E-state index contributed by atoms with van der Waals surface area (Å²) in [5.41, 5.74) is 2.22. The smallest absolute Gasteiger partial charge is 0.227 e. The van der Waals surface area contributed by atoms with Gasteiger partial charge >= 0.3 is 0 Å². The van der Waals surface area contributed by atoms with E-state index in [1.54, 1.807) is 22.7 Å². The van der Waals surface area contributed by atoms with E-state index in [9.17, 15) is 4.79 Å². The van der Waals surface area contributed by atoms with Gasteiger partial charge in [0.15, 0.2) is 0 Å². The lowest BCUT2D eigenvalue weighted by Crippen LogP contribution is -2.48. The van der Waals surface area contributed by atoms with Crippen molar-refractivity contribution in [2.24, 2.45) is 0 Å². The van der Waals surface area contributed by atoms with E-state index in [1.807, 2.05) is 40.6 Å². The van der Waals surface area contributed by atoms with Crippen LogP contribution in [0.1, 0.15) is 9.88 Å². The number of hydrogen-bond acceptors (Lipinski definition) is 5. The van der Waals surface area contributed by atoms with Gasteiger partial charge in [-0.05, 0) is 11.4 Å². The fourth-order valence-electron chi connectivity index (χ4n) is 3.15. The van der Waals surface area contributed by atoms with Gasteiger partial charge in [0.25, 0.3) is 0 Å². The predicted octanol–water partition coefficient (Wildman–Crippen LogP) is 3.76. The van der Waals surface area contributed by atoms with Gasteiger partial charge in [0.1, 0.15) is 5.01 Å². The van der Waals surface area contributed by atoms with E-state index >= 15 is 0 Å². The Morgan fingerprint density at radius 1 is 1.00 bits per heavy atom. The molecule has 1 fully saturated rings. The third-order valence-electron chi connectivity index (χ3n) is 4.61. The lowest BCUT2D eigenvalue weighted by atomic mass is 10.2. The zero-order valence-electron chi connectivity index (χ0n) is 14.5. The van der Waals surface area contributed by atoms with Crippen molar-refractivity contribution < 1.29 is 4.79 Å². The van der Waals surface area contributed by atoms with Crippen LogP contribution < -0.4 is 0 Å². The molecule has 0 bridgehead atoms. The molecular formula is C20H21N3OS2. The number of amides is 1. The van der Waals surface area contributed by atoms with E-state index in [2.05, 4.69) is 22.4 Å². The fraction of sp³-hybridized carbons (Fsp3) is 0.300. The molecule has 0 saturated carbocycles. The number of carbonyl (C=O) groups is 1. The van der Waals surface area contributed by atoms with Gasteiger partial charge < -0.3 is 4.90 Å². The molecule has 0 radical (unpaired) electrons. The Hall–Kier alpha value is -2.02. The normalized spacial score (nSPS) is 15.3. The van der Waals surface area contributed by atoms with Gasteiger partial charge in [0.2, 0.25) is 5.91 Å². The molecule has 0 aliphatic carbocycles. The average Bonchev–Trinajstić information content (AvgIpc) is 3.35. The van der Waals surface area contributed by atoms with Crippen molar-refractivity contribution in [3.63, 3.8) is 0 Å². The maximum absolute atomic E-state index is 12.4. The second-order valence-corrected chi connectivity index (χ2v) is 8.38. The summed E-state index contributed by atoms with van der Waals surface area (Å²) < 4.78 is 0. The molecule has 26 heavy (non-hydrogen) atoms. The SMILES string of the molecule is O=C(Cc1cccs1)N1CCN(Cc2nc(-c3ccccc3)cs2)CC1. The van der Waals surface area contributed by atoms with Crippen molar-refractivity contribution >= 4 is 28.6 Å². The Balaban J connectivity index is 1.29. The molecule has 134 valence electrons. The summed E-state index contributed by atoms with van der Waals surface area (Å²) in [5, 5.41) is 5.30. The van der Waals surface area contributed by atoms with Crippen molar-refractivity contribution in [3.8, 4) is 11.3 Å². The van der Waals surface area contributed by atoms with Crippen LogP contribution in [0.4, 0.5) is 0 Å². The van der Waals surface area contributed by atoms with Crippen LogP contribution >= 0.6 is 22.7 Å². The summed E-state index contributed by atoms with van der Waals surface area (Å²) in [7, 11) is 0. The Morgan fingerprint density at radius 2 is 1.81 bits per heavy atom. The van der Waals surface area contributed by atoms with Crippen LogP contribution in [0.3, 0.4) is 0 Å². The highest BCUT2D eigenvalue weighted by Gasteiger charge is 2.22. The molecule has 1 aliphatic heterocycles. The highest BCUT2D eigenvalue weighted by Crippen LogP contribution is 2.22. The largest absolute Gasteiger partial charge is 0.340 e. The van der Waals surface area contributed by atoms with Crippen LogP contribution in [0.5, 0.6) is 0 Å². The van der Waals surface area contributed by atoms with E-state index < -0.39 is 0 Å². The summed E-state index contributed by atoms with van der Waals surface area (Å²) in [4.78, 5) is 22.7. The van der Waals surface area contributed by atoms with Gasteiger partial charge in [-0.1, -0.05) is 36.4 Å². The minimum Gasteiger partial charge on any atom is -0.340 e. The molecule has 1 aliphatic rings. The first kappa shape index (κ1) is 17.4. The van der Waals surface area contributed by atoms with Gasteiger partial charge in [0.05, 0.1) is 18.7 Å². The standard InChI is InChI=1S/C20H21N3OS2/c24-20(13-17-7-4-12-25-17)23-10-8-22(9-11-23)14-19-21-18(15-26-19)16-5-2-1-3-6-16/h1-7,12,15H,8-11,13-14H2. The number of benzene rings is 1. The zero-order valence-corrected chi connectivity index (χ0v) is 16.1. The molecule has 0 N–H and O–H groups in total. The van der Waals surface area contributed by atoms with E-state index in [4.69, 9.17) is 4.98 Å². The molecule has 1 saturated heterocycles. The van der Waals surface area contributed by atoms with Crippen LogP contribution in [0.25, 0.3) is 11.3 Å². The molecule has 1 aromatic carbocycles. The van der Waals surface area contributed by atoms with E-state index in [1.165, 1.54) is 5.56 Å². The van der Waals surface area contributed by atoms with Gasteiger partial charge in [0, 0.05) is 42.0 Å². The van der Waals surface area contributed by atoms with Gasteiger partial charge in [-0.2, -0.15) is 0 Å². The summed E-state index contributed by atoms with van der Waals surface area (Å²) in [6.07, 6.45) is 0.532. The molecule has 1 amide bonds. The number of carbonyl (C=O) groups excluding carboxylic acids is 1. The third-order valence-corrected chi connectivity index (χ3v) is 6.32. The van der Waals surface area contributed by atoms with Crippen molar-refractivity contribution in [2.75, 3.05) is 26.2 Å². The number of aromatic nitrogens is 1. The maximum atomic E-state index is 12.4. The van der Waals surface area contributed by atoms with Crippen LogP contribution in [-0.2, 0) is 17.8 Å². The summed E-state index contributed by atoms with van der Waals surface area (Å²) in [6.45, 7) is 4.31. The molecule has 6 heteroatoms. The van der Waals surface area contributed by atoms with Crippen LogP contribution in [0.2, 0.25) is 0 Å². The van der Waals surface area contributed by atoms with Crippen LogP contribution in [0, 0.1) is 0 Å². The highest BCUT2D eigenvalue weighted by molar-refractivity contribution is 7.10. The van der Waals surface area contributed by atoms with Crippen molar-refractivity contribution in [3.05, 3.63) is 63.1 Å². The van der Waals surface area contributed by atoms with Gasteiger partial charge in [-0.15, -0.1) is 22.7 Å². The number of rotatable bonds is 5. The summed E-state index contributed by atoms with van der Waals surface area (Å²) >= 11 is 3.37. The number of piperazine rings is 1. The first-order valence-electron chi connectivity index (χ1n) is 8.80. The van der Waals surface area contributed by atoms with Crippen molar-refractivity contribution in [2.45, 2.75) is 13.0 Å². The fourth-order valence-corrected chi connectivity index (χ4v) is 4.69. The number of thiazole rings is 1. The lowest BCUT2D eigenvalue weighted by molar-refractivity contribution is -0.132. The van der Waals surface area contributed by atoms with Crippen molar-refractivity contribution in [1.82, 2.24) is 14.8 Å². The lowest BCUT2D eigenvalue weighted by Gasteiger charge is -2.34. The average molecular weight is 384 g/mol. The van der Waals surface area contributed by atoms with E-state index in [-0.39, 0.29) is 5.91 Å². The monoisotopic (exact) mass is 383 g/mol. The Morgan fingerprint density at radius 3 is 2.54 bits per heavy atom. The van der Waals surface area contributed by atoms with E-state index in [0.29, 0.717) is 6.42 Å². The minimum absolute atomic E-state index is 0.243. The molecule has 0 unspecified atom stereocenters. The van der Waals surface area contributed by atoms with Gasteiger partial charge in [-0.25, -0.2) is 4.98 Å². The number of hydrogen-bond donors (Lipinski definition) is 0. The topological polar surface area (TPSA) is 36.4 Å². The van der Waals surface area contributed by atoms with E-state index in [0.717, 1.165) is 48.3 Å². The second-order valence-electron chi connectivity index (χ2n) is 6.41. The summed E-state index contributed by atoms with van der Waals surface area (Å²) in [6, 6.07) is 14.3. The van der Waals surface area contributed by atoms with Gasteiger partial charge in [-0.3, -0.25) is 9.69 Å². The first-order chi connectivity index (χ1) is 12.8. The molecule has 0 spiro atoms. The molecule has 3 aromatic rings. The Bertz CT molecular complexity index is 837. The molecule has 3 heterocycles. The summed E-state index contributed by atoms with van der Waals surface area (Å²) in [5.74, 6) is 0.243. The molecule has 2 aromatic heterocycles. The Kier molecular flexibility index (Phi) is 5.43. The molecule has 4 rings (SSSR count). The minimum atomic E-state index is 0.243. The second kappa shape index (κ2) is 8.12. The van der Waals surface area contributed by atoms with Crippen molar-refractivity contribution in [1.29, 1.82) is 0 Å². The van der Waals surface area contributed by atoms with Crippen LogP contribution in [0.15, 0.2) is 53.2 Å². The third kappa shape index (κ3) is 4.20. The molecular weight excluding hydrogens is 362 g/mol. The zero-order chi connectivity index (χ0) is 17.8. The number of thiophene rings is 1. The predicted molar refractivity (Wildman–Crippen MR) is 107 cm³/mol. The quantitative estimate of drug-likeness (QED) is 0.673. The highest BCUT2D eigenvalue weighted by atomic mass is 32.1. The number of nitrogens with zero attached hydrogens (tertiary/aromatic N) is 3. The molecule has 4 nitrogen and oxygen atoms in total. The first-order valence-corrected chi connectivity index (χ1v) is 10.6. The Labute approximate surface area is 161 Å². The molecule has 0 atom stereocenters. The van der Waals surface area contributed by atoms with Crippen LogP contribution in [-0.4, -0.2) is 46.9 Å². The maximum Gasteiger partial charge on any atom is 0.227 e.